The van der Waals surface area contributed by atoms with Crippen molar-refractivity contribution in [2.24, 2.45) is 7.05 Å². The Morgan fingerprint density at radius 2 is 2.09 bits per heavy atom. The number of carbonyl (C=O) groups excluding carboxylic acids is 1. The zero-order chi connectivity index (χ0) is 17.0. The second kappa shape index (κ2) is 7.09. The molecular weight excluding hydrogens is 299 g/mol. The minimum absolute atomic E-state index is 0.188. The van der Waals surface area contributed by atoms with Crippen LogP contribution in [0.1, 0.15) is 35.8 Å². The summed E-state index contributed by atoms with van der Waals surface area (Å²) in [6.45, 7) is 3.92. The highest BCUT2D eigenvalue weighted by Crippen LogP contribution is 2.22. The predicted octanol–water partition coefficient (Wildman–Crippen LogP) is 2.41. The fourth-order valence-electron chi connectivity index (χ4n) is 2.15. The fourth-order valence-corrected chi connectivity index (χ4v) is 2.15. The first-order valence-corrected chi connectivity index (χ1v) is 7.32. The number of pyridine rings is 1. The van der Waals surface area contributed by atoms with Crippen LogP contribution < -0.4 is 15.6 Å². The molecule has 0 bridgehead atoms. The van der Waals surface area contributed by atoms with Crippen LogP contribution in [0.2, 0.25) is 0 Å². The Kier molecular flexibility index (Phi) is 5.16. The highest BCUT2D eigenvalue weighted by atomic mass is 19.1. The van der Waals surface area contributed by atoms with E-state index < -0.39 is 5.82 Å². The summed E-state index contributed by atoms with van der Waals surface area (Å²) in [6.07, 6.45) is 1.46. The number of carbonyl (C=O) groups is 1. The molecule has 0 aliphatic heterocycles. The Bertz CT molecular complexity index is 771. The summed E-state index contributed by atoms with van der Waals surface area (Å²) in [5, 5.41) is 2.78. The third-order valence-electron chi connectivity index (χ3n) is 3.45. The lowest BCUT2D eigenvalue weighted by molar-refractivity contribution is 0.0939. The van der Waals surface area contributed by atoms with Gasteiger partial charge in [0.1, 0.15) is 0 Å². The molecule has 0 spiro atoms. The number of benzene rings is 1. The van der Waals surface area contributed by atoms with Crippen molar-refractivity contribution in [3.05, 3.63) is 63.8 Å². The fraction of sp³-hybridized carbons (Fsp3) is 0.294. The Labute approximate surface area is 133 Å². The van der Waals surface area contributed by atoms with Crippen LogP contribution in [-0.4, -0.2) is 17.1 Å². The van der Waals surface area contributed by atoms with Gasteiger partial charge in [-0.2, -0.15) is 0 Å². The summed E-state index contributed by atoms with van der Waals surface area (Å²) in [5.74, 6) is -0.609. The van der Waals surface area contributed by atoms with Gasteiger partial charge in [-0.15, -0.1) is 0 Å². The van der Waals surface area contributed by atoms with Crippen LogP contribution in [0.5, 0.6) is 5.75 Å². The van der Waals surface area contributed by atoms with E-state index in [1.54, 1.807) is 33.0 Å². The number of aryl methyl sites for hydroxylation is 1. The van der Waals surface area contributed by atoms with E-state index in [1.165, 1.54) is 29.0 Å². The van der Waals surface area contributed by atoms with Crippen molar-refractivity contribution in [2.75, 3.05) is 6.61 Å². The smallest absolute Gasteiger partial charge is 0.253 e. The standard InChI is InChI=1S/C17H19FN2O3/c1-4-23-15-7-5-12(9-14(15)18)11(2)19-17(22)13-6-8-16(21)20(3)10-13/h5-11H,4H2,1-3H3,(H,19,22). The van der Waals surface area contributed by atoms with Crippen LogP contribution >= 0.6 is 0 Å². The summed E-state index contributed by atoms with van der Waals surface area (Å²) in [7, 11) is 1.57. The highest BCUT2D eigenvalue weighted by Gasteiger charge is 2.14. The topological polar surface area (TPSA) is 60.3 Å². The molecule has 1 aromatic heterocycles. The second-order valence-corrected chi connectivity index (χ2v) is 5.18. The molecule has 122 valence electrons. The SMILES string of the molecule is CCOc1ccc(C(C)NC(=O)c2ccc(=O)n(C)c2)cc1F. The summed E-state index contributed by atoms with van der Waals surface area (Å²) in [5.41, 5.74) is 0.803. The lowest BCUT2D eigenvalue weighted by atomic mass is 10.1. The Hall–Kier alpha value is -2.63. The molecule has 1 heterocycles. The van der Waals surface area contributed by atoms with E-state index in [9.17, 15) is 14.0 Å². The molecule has 1 atom stereocenters. The van der Waals surface area contributed by atoms with Crippen LogP contribution in [-0.2, 0) is 7.05 Å². The number of nitrogens with zero attached hydrogens (tertiary/aromatic N) is 1. The molecule has 1 aromatic carbocycles. The van der Waals surface area contributed by atoms with E-state index in [2.05, 4.69) is 5.32 Å². The minimum Gasteiger partial charge on any atom is -0.491 e. The van der Waals surface area contributed by atoms with Gasteiger partial charge in [-0.25, -0.2) is 4.39 Å². The molecule has 23 heavy (non-hydrogen) atoms. The zero-order valence-corrected chi connectivity index (χ0v) is 13.3. The Morgan fingerprint density at radius 1 is 1.35 bits per heavy atom. The van der Waals surface area contributed by atoms with Crippen molar-refractivity contribution in [3.63, 3.8) is 0 Å². The summed E-state index contributed by atoms with van der Waals surface area (Å²) < 4.78 is 20.4. The van der Waals surface area contributed by atoms with E-state index in [1.807, 2.05) is 0 Å². The van der Waals surface area contributed by atoms with Gasteiger partial charge < -0.3 is 14.6 Å². The number of hydrogen-bond donors (Lipinski definition) is 1. The summed E-state index contributed by atoms with van der Waals surface area (Å²) in [4.78, 5) is 23.5. The quantitative estimate of drug-likeness (QED) is 0.921. The Morgan fingerprint density at radius 3 is 2.70 bits per heavy atom. The van der Waals surface area contributed by atoms with Gasteiger partial charge in [-0.3, -0.25) is 9.59 Å². The first kappa shape index (κ1) is 16.7. The third kappa shape index (κ3) is 3.97. The Balaban J connectivity index is 2.13. The zero-order valence-electron chi connectivity index (χ0n) is 13.3. The van der Waals surface area contributed by atoms with Gasteiger partial charge in [0.15, 0.2) is 11.6 Å². The van der Waals surface area contributed by atoms with E-state index >= 15 is 0 Å². The van der Waals surface area contributed by atoms with Crippen LogP contribution in [0.3, 0.4) is 0 Å². The maximum Gasteiger partial charge on any atom is 0.253 e. The van der Waals surface area contributed by atoms with Gasteiger partial charge >= 0.3 is 0 Å². The lowest BCUT2D eigenvalue weighted by Crippen LogP contribution is -2.28. The molecule has 0 saturated carbocycles. The van der Waals surface area contributed by atoms with E-state index in [-0.39, 0.29) is 23.3 Å². The molecule has 0 fully saturated rings. The van der Waals surface area contributed by atoms with Gasteiger partial charge in [0.25, 0.3) is 5.91 Å². The van der Waals surface area contributed by atoms with Crippen molar-refractivity contribution in [1.29, 1.82) is 0 Å². The van der Waals surface area contributed by atoms with Crippen LogP contribution in [0.15, 0.2) is 41.3 Å². The summed E-state index contributed by atoms with van der Waals surface area (Å²) >= 11 is 0. The van der Waals surface area contributed by atoms with Crippen molar-refractivity contribution in [1.82, 2.24) is 9.88 Å². The molecule has 0 saturated heterocycles. The van der Waals surface area contributed by atoms with Crippen LogP contribution in [0.25, 0.3) is 0 Å². The molecule has 2 aromatic rings. The van der Waals surface area contributed by atoms with E-state index in [0.717, 1.165) is 0 Å². The molecule has 6 heteroatoms. The second-order valence-electron chi connectivity index (χ2n) is 5.18. The largest absolute Gasteiger partial charge is 0.491 e. The van der Waals surface area contributed by atoms with E-state index in [4.69, 9.17) is 4.74 Å². The van der Waals surface area contributed by atoms with E-state index in [0.29, 0.717) is 17.7 Å². The maximum absolute atomic E-state index is 13.9. The monoisotopic (exact) mass is 318 g/mol. The number of halogens is 1. The average Bonchev–Trinajstić information content (AvgIpc) is 2.52. The van der Waals surface area contributed by atoms with Crippen molar-refractivity contribution in [2.45, 2.75) is 19.9 Å². The van der Waals surface area contributed by atoms with Crippen LogP contribution in [0.4, 0.5) is 4.39 Å². The number of aromatic nitrogens is 1. The van der Waals surface area contributed by atoms with Crippen molar-refractivity contribution < 1.29 is 13.9 Å². The lowest BCUT2D eigenvalue weighted by Gasteiger charge is -2.15. The number of hydrogen-bond acceptors (Lipinski definition) is 3. The number of amides is 1. The molecule has 1 unspecified atom stereocenters. The molecule has 0 radical (unpaired) electrons. The normalized spacial score (nSPS) is 11.8. The van der Waals surface area contributed by atoms with Crippen molar-refractivity contribution >= 4 is 5.91 Å². The van der Waals surface area contributed by atoms with Crippen molar-refractivity contribution in [3.8, 4) is 5.75 Å². The summed E-state index contributed by atoms with van der Waals surface area (Å²) in [6, 6.07) is 7.00. The number of nitrogens with one attached hydrogen (secondary N) is 1. The van der Waals surface area contributed by atoms with Gasteiger partial charge in [0.05, 0.1) is 18.2 Å². The van der Waals surface area contributed by atoms with Gasteiger partial charge in [0.2, 0.25) is 5.56 Å². The molecule has 5 nitrogen and oxygen atoms in total. The van der Waals surface area contributed by atoms with Gasteiger partial charge in [-0.05, 0) is 37.6 Å². The first-order chi connectivity index (χ1) is 10.9. The number of ether oxygens (including phenoxy) is 1. The molecular formula is C17H19FN2O3. The molecule has 1 amide bonds. The van der Waals surface area contributed by atoms with Crippen LogP contribution in [0, 0.1) is 5.82 Å². The van der Waals surface area contributed by atoms with Gasteiger partial charge in [0, 0.05) is 19.3 Å². The van der Waals surface area contributed by atoms with Gasteiger partial charge in [-0.1, -0.05) is 6.07 Å². The molecule has 1 N–H and O–H groups in total. The third-order valence-corrected chi connectivity index (χ3v) is 3.45. The number of rotatable bonds is 5. The molecule has 0 aliphatic carbocycles. The molecule has 2 rings (SSSR count). The minimum atomic E-state index is -0.465. The highest BCUT2D eigenvalue weighted by molar-refractivity contribution is 5.94. The molecule has 0 aliphatic rings. The maximum atomic E-state index is 13.9. The predicted molar refractivity (Wildman–Crippen MR) is 85.1 cm³/mol. The first-order valence-electron chi connectivity index (χ1n) is 7.32. The average molecular weight is 318 g/mol.